The van der Waals surface area contributed by atoms with Crippen molar-refractivity contribution in [1.29, 1.82) is 5.26 Å². The van der Waals surface area contributed by atoms with Crippen LogP contribution in [0.1, 0.15) is 25.7 Å². The zero-order valence-electron chi connectivity index (χ0n) is 8.25. The van der Waals surface area contributed by atoms with Gasteiger partial charge in [-0.05, 0) is 32.4 Å². The van der Waals surface area contributed by atoms with Gasteiger partial charge in [0.25, 0.3) is 0 Å². The number of unbranched alkanes of at least 4 members (excludes halogenated alkanes) is 2. The molecule has 1 amide bonds. The molecule has 0 atom stereocenters. The Labute approximate surface area is 84.1 Å². The Hall–Kier alpha value is -1.28. The van der Waals surface area contributed by atoms with Crippen molar-refractivity contribution >= 4 is 6.09 Å². The lowest BCUT2D eigenvalue weighted by Crippen LogP contribution is -2.23. The van der Waals surface area contributed by atoms with Crippen molar-refractivity contribution < 1.29 is 9.90 Å². The summed E-state index contributed by atoms with van der Waals surface area (Å²) in [6.07, 6.45) is 2.30. The molecule has 0 aliphatic heterocycles. The minimum Gasteiger partial charge on any atom is -0.465 e. The van der Waals surface area contributed by atoms with Crippen molar-refractivity contribution in [1.82, 2.24) is 10.6 Å². The van der Waals surface area contributed by atoms with Crippen molar-refractivity contribution in [3.05, 3.63) is 0 Å². The van der Waals surface area contributed by atoms with Gasteiger partial charge >= 0.3 is 6.09 Å². The van der Waals surface area contributed by atoms with Gasteiger partial charge in [0.1, 0.15) is 0 Å². The molecule has 0 aliphatic rings. The lowest BCUT2D eigenvalue weighted by Gasteiger charge is -2.03. The highest BCUT2D eigenvalue weighted by atomic mass is 16.4. The van der Waals surface area contributed by atoms with E-state index < -0.39 is 6.09 Å². The Bertz CT molecular complexity index is 189. The van der Waals surface area contributed by atoms with Crippen LogP contribution in [0.4, 0.5) is 4.79 Å². The van der Waals surface area contributed by atoms with Crippen molar-refractivity contribution in [3.63, 3.8) is 0 Å². The van der Waals surface area contributed by atoms with E-state index in [9.17, 15) is 4.79 Å². The van der Waals surface area contributed by atoms with E-state index in [0.717, 1.165) is 32.4 Å². The van der Waals surface area contributed by atoms with Crippen LogP contribution in [0.5, 0.6) is 0 Å². The molecule has 0 rings (SSSR count). The second-order valence-electron chi connectivity index (χ2n) is 2.95. The van der Waals surface area contributed by atoms with Crippen LogP contribution < -0.4 is 10.6 Å². The second-order valence-corrected chi connectivity index (χ2v) is 2.95. The maximum Gasteiger partial charge on any atom is 0.404 e. The van der Waals surface area contributed by atoms with Gasteiger partial charge in [0.15, 0.2) is 0 Å². The Kier molecular flexibility index (Phi) is 8.91. The van der Waals surface area contributed by atoms with Crippen molar-refractivity contribution in [2.45, 2.75) is 25.7 Å². The summed E-state index contributed by atoms with van der Waals surface area (Å²) < 4.78 is 0. The fourth-order valence-corrected chi connectivity index (χ4v) is 0.988. The van der Waals surface area contributed by atoms with Gasteiger partial charge in [0.05, 0.1) is 6.07 Å². The average molecular weight is 199 g/mol. The SMILES string of the molecule is N#CCCCNCCCCNC(=O)O. The molecule has 0 aromatic heterocycles. The first-order valence-electron chi connectivity index (χ1n) is 4.82. The van der Waals surface area contributed by atoms with Gasteiger partial charge in [-0.2, -0.15) is 5.26 Å². The molecule has 0 spiro atoms. The van der Waals surface area contributed by atoms with Gasteiger partial charge in [0.2, 0.25) is 0 Å². The van der Waals surface area contributed by atoms with Gasteiger partial charge in [-0.3, -0.25) is 0 Å². The van der Waals surface area contributed by atoms with E-state index in [1.54, 1.807) is 0 Å². The molecule has 3 N–H and O–H groups in total. The Balaban J connectivity index is 2.93. The Morgan fingerprint density at radius 3 is 2.50 bits per heavy atom. The van der Waals surface area contributed by atoms with Crippen molar-refractivity contribution in [2.24, 2.45) is 0 Å². The number of nitrogens with zero attached hydrogens (tertiary/aromatic N) is 1. The number of carboxylic acid groups (broad SMARTS) is 1. The molecule has 5 heteroatoms. The number of nitrogens with one attached hydrogen (secondary N) is 2. The largest absolute Gasteiger partial charge is 0.465 e. The highest BCUT2D eigenvalue weighted by Crippen LogP contribution is 1.86. The van der Waals surface area contributed by atoms with E-state index in [0.29, 0.717) is 13.0 Å². The number of nitriles is 1. The molecule has 5 nitrogen and oxygen atoms in total. The number of rotatable bonds is 8. The van der Waals surface area contributed by atoms with E-state index in [1.165, 1.54) is 0 Å². The molecule has 0 unspecified atom stereocenters. The monoisotopic (exact) mass is 199 g/mol. The smallest absolute Gasteiger partial charge is 0.404 e. The lowest BCUT2D eigenvalue weighted by atomic mass is 10.3. The number of hydrogen-bond acceptors (Lipinski definition) is 3. The maximum atomic E-state index is 10.0. The number of amides is 1. The van der Waals surface area contributed by atoms with Gasteiger partial charge in [-0.25, -0.2) is 4.79 Å². The first kappa shape index (κ1) is 12.7. The summed E-state index contributed by atoms with van der Waals surface area (Å²) in [6, 6.07) is 2.08. The molecule has 0 aromatic carbocycles. The summed E-state index contributed by atoms with van der Waals surface area (Å²) in [4.78, 5) is 10.0. The molecule has 0 aromatic rings. The Morgan fingerprint density at radius 2 is 1.86 bits per heavy atom. The summed E-state index contributed by atoms with van der Waals surface area (Å²) in [5.74, 6) is 0. The highest BCUT2D eigenvalue weighted by molar-refractivity contribution is 5.64. The minimum atomic E-state index is -0.966. The predicted molar refractivity (Wildman–Crippen MR) is 53.0 cm³/mol. The predicted octanol–water partition coefficient (Wildman–Crippen LogP) is 0.928. The Morgan fingerprint density at radius 1 is 1.21 bits per heavy atom. The van der Waals surface area contributed by atoms with Crippen LogP contribution >= 0.6 is 0 Å². The summed E-state index contributed by atoms with van der Waals surface area (Å²) in [5, 5.41) is 22.0. The fraction of sp³-hybridized carbons (Fsp3) is 0.778. The molecule has 14 heavy (non-hydrogen) atoms. The average Bonchev–Trinajstić information content (AvgIpc) is 2.15. The molecule has 0 fully saturated rings. The summed E-state index contributed by atoms with van der Waals surface area (Å²) in [6.45, 7) is 2.25. The van der Waals surface area contributed by atoms with Crippen LogP contribution in [0.25, 0.3) is 0 Å². The fourth-order valence-electron chi connectivity index (χ4n) is 0.988. The first-order valence-corrected chi connectivity index (χ1v) is 4.82. The van der Waals surface area contributed by atoms with Crippen LogP contribution in [0.2, 0.25) is 0 Å². The van der Waals surface area contributed by atoms with Gasteiger partial charge in [0, 0.05) is 13.0 Å². The number of hydrogen-bond donors (Lipinski definition) is 3. The van der Waals surface area contributed by atoms with Crippen LogP contribution in [0.3, 0.4) is 0 Å². The van der Waals surface area contributed by atoms with E-state index in [-0.39, 0.29) is 0 Å². The molecule has 0 saturated heterocycles. The van der Waals surface area contributed by atoms with E-state index in [2.05, 4.69) is 16.7 Å². The van der Waals surface area contributed by atoms with E-state index in [1.807, 2.05) is 0 Å². The lowest BCUT2D eigenvalue weighted by molar-refractivity contribution is 0.194. The number of carbonyl (C=O) groups is 1. The standard InChI is InChI=1S/C9H17N3O2/c10-5-1-2-6-11-7-3-4-8-12-9(13)14/h11-12H,1-4,6-8H2,(H,13,14). The molecule has 0 saturated carbocycles. The molecule has 0 radical (unpaired) electrons. The maximum absolute atomic E-state index is 10.0. The third-order valence-electron chi connectivity index (χ3n) is 1.70. The van der Waals surface area contributed by atoms with E-state index >= 15 is 0 Å². The highest BCUT2D eigenvalue weighted by Gasteiger charge is 1.93. The quantitative estimate of drug-likeness (QED) is 0.507. The molecule has 0 aliphatic carbocycles. The third-order valence-corrected chi connectivity index (χ3v) is 1.70. The zero-order valence-corrected chi connectivity index (χ0v) is 8.25. The van der Waals surface area contributed by atoms with Crippen molar-refractivity contribution in [3.8, 4) is 6.07 Å². The van der Waals surface area contributed by atoms with Crippen LogP contribution in [0.15, 0.2) is 0 Å². The molecule has 0 heterocycles. The van der Waals surface area contributed by atoms with E-state index in [4.69, 9.17) is 10.4 Å². The molecule has 0 bridgehead atoms. The summed E-state index contributed by atoms with van der Waals surface area (Å²) >= 11 is 0. The minimum absolute atomic E-state index is 0.509. The second kappa shape index (κ2) is 9.81. The van der Waals surface area contributed by atoms with Crippen LogP contribution in [-0.4, -0.2) is 30.8 Å². The van der Waals surface area contributed by atoms with Gasteiger partial charge in [-0.1, -0.05) is 0 Å². The molecular weight excluding hydrogens is 182 g/mol. The third kappa shape index (κ3) is 10.7. The normalized spacial score (nSPS) is 9.36. The van der Waals surface area contributed by atoms with Gasteiger partial charge < -0.3 is 15.7 Å². The molecular formula is C9H17N3O2. The zero-order chi connectivity index (χ0) is 10.6. The molecule has 80 valence electrons. The first-order chi connectivity index (χ1) is 6.77. The van der Waals surface area contributed by atoms with Gasteiger partial charge in [-0.15, -0.1) is 0 Å². The van der Waals surface area contributed by atoms with Crippen molar-refractivity contribution in [2.75, 3.05) is 19.6 Å². The van der Waals surface area contributed by atoms with Crippen LogP contribution in [0, 0.1) is 11.3 Å². The summed E-state index contributed by atoms with van der Waals surface area (Å²) in [5.41, 5.74) is 0. The summed E-state index contributed by atoms with van der Waals surface area (Å²) in [7, 11) is 0. The van der Waals surface area contributed by atoms with Crippen LogP contribution in [-0.2, 0) is 0 Å². The topological polar surface area (TPSA) is 85.2 Å².